The van der Waals surface area contributed by atoms with E-state index >= 15 is 0 Å². The highest BCUT2D eigenvalue weighted by atomic mass is 32.2. The molecule has 3 N–H and O–H groups in total. The fraction of sp³-hybridized carbons (Fsp3) is 0.800. The van der Waals surface area contributed by atoms with Gasteiger partial charge < -0.3 is 20.4 Å². The number of sulfone groups is 1. The molecule has 0 bridgehead atoms. The molecule has 1 rings (SSSR count). The molecular formula is C10H18N2O6S2. The van der Waals surface area contributed by atoms with Crippen molar-refractivity contribution in [2.45, 2.75) is 17.8 Å². The number of aliphatic carboxylic acids is 1. The summed E-state index contributed by atoms with van der Waals surface area (Å²) in [5.41, 5.74) is 0. The van der Waals surface area contributed by atoms with Gasteiger partial charge in [0.1, 0.15) is 11.4 Å². The maximum Gasteiger partial charge on any atom is 0.326 e. The van der Waals surface area contributed by atoms with Crippen molar-refractivity contribution >= 4 is 33.6 Å². The molecule has 0 spiro atoms. The van der Waals surface area contributed by atoms with Crippen LogP contribution in [0, 0.1) is 0 Å². The van der Waals surface area contributed by atoms with Gasteiger partial charge >= 0.3 is 12.0 Å². The van der Waals surface area contributed by atoms with E-state index in [1.807, 2.05) is 0 Å². The molecule has 2 amide bonds. The van der Waals surface area contributed by atoms with Gasteiger partial charge in [-0.3, -0.25) is 0 Å². The molecule has 20 heavy (non-hydrogen) atoms. The predicted octanol–water partition coefficient (Wildman–Crippen LogP) is -1.05. The van der Waals surface area contributed by atoms with E-state index < -0.39 is 33.3 Å². The van der Waals surface area contributed by atoms with Gasteiger partial charge in [0.25, 0.3) is 0 Å². The van der Waals surface area contributed by atoms with Gasteiger partial charge in [-0.25, -0.2) is 18.0 Å². The van der Waals surface area contributed by atoms with E-state index in [0.29, 0.717) is 5.75 Å². The number of hydrogen-bond acceptors (Lipinski definition) is 6. The Bertz CT molecular complexity index is 466. The summed E-state index contributed by atoms with van der Waals surface area (Å²) in [4.78, 5) is 24.1. The summed E-state index contributed by atoms with van der Waals surface area (Å²) >= 11 is 1.43. The molecule has 116 valence electrons. The number of carbonyl (C=O) groups excluding carboxylic acids is 1. The third-order valence-electron chi connectivity index (χ3n) is 2.85. The molecule has 0 saturated carbocycles. The quantitative estimate of drug-likeness (QED) is 0.589. The van der Waals surface area contributed by atoms with Gasteiger partial charge in [0.05, 0.1) is 0 Å². The van der Waals surface area contributed by atoms with Crippen LogP contribution in [0.5, 0.6) is 0 Å². The van der Waals surface area contributed by atoms with Crippen molar-refractivity contribution in [2.24, 2.45) is 0 Å². The first-order chi connectivity index (χ1) is 9.27. The molecule has 0 aromatic carbocycles. The lowest BCUT2D eigenvalue weighted by Crippen LogP contribution is -2.56. The Kier molecular flexibility index (Phi) is 6.08. The Labute approximate surface area is 121 Å². The Morgan fingerprint density at radius 1 is 1.50 bits per heavy atom. The standard InChI is InChI=1S/C10H18N2O6S2/c1-20(17,18)8-6-19-5-3-12(8)10(16)11-7(2-4-13)9(14)15/h7-8,13H,2-6H2,1H3,(H,11,16)(H,14,15)/t7-,8?/m1/s1. The first-order valence-electron chi connectivity index (χ1n) is 5.94. The molecule has 1 saturated heterocycles. The van der Waals surface area contributed by atoms with Gasteiger partial charge in [0, 0.05) is 37.3 Å². The third-order valence-corrected chi connectivity index (χ3v) is 5.50. The first kappa shape index (κ1) is 17.1. The number of aliphatic hydroxyl groups excluding tert-OH is 1. The fourth-order valence-electron chi connectivity index (χ4n) is 1.79. The number of amides is 2. The van der Waals surface area contributed by atoms with Crippen LogP contribution in [0.3, 0.4) is 0 Å². The van der Waals surface area contributed by atoms with Gasteiger partial charge in [0.15, 0.2) is 9.84 Å². The number of urea groups is 1. The number of carboxylic acid groups (broad SMARTS) is 1. The largest absolute Gasteiger partial charge is 0.480 e. The van der Waals surface area contributed by atoms with Gasteiger partial charge in [-0.05, 0) is 0 Å². The van der Waals surface area contributed by atoms with Crippen molar-refractivity contribution in [2.75, 3.05) is 30.9 Å². The summed E-state index contributed by atoms with van der Waals surface area (Å²) in [6, 6.07) is -1.97. The van der Waals surface area contributed by atoms with E-state index in [0.717, 1.165) is 11.2 Å². The van der Waals surface area contributed by atoms with E-state index in [4.69, 9.17) is 10.2 Å². The SMILES string of the molecule is CS(=O)(=O)C1CSCCN1C(=O)N[C@H](CCO)C(=O)O. The summed E-state index contributed by atoms with van der Waals surface area (Å²) in [5, 5.41) is 19.0. The molecule has 0 aromatic rings. The fourth-order valence-corrected chi connectivity index (χ4v) is 4.60. The molecule has 0 radical (unpaired) electrons. The molecule has 2 atom stereocenters. The van der Waals surface area contributed by atoms with Gasteiger partial charge in [0.2, 0.25) is 0 Å². The number of hydrogen-bond donors (Lipinski definition) is 3. The lowest BCUT2D eigenvalue weighted by atomic mass is 10.2. The number of carboxylic acids is 1. The summed E-state index contributed by atoms with van der Waals surface area (Å²) < 4.78 is 23.3. The molecule has 1 fully saturated rings. The second-order valence-electron chi connectivity index (χ2n) is 4.41. The van der Waals surface area contributed by atoms with Crippen LogP contribution in [0.4, 0.5) is 4.79 Å². The Hall–Kier alpha value is -1.00. The van der Waals surface area contributed by atoms with Crippen LogP contribution in [0.1, 0.15) is 6.42 Å². The summed E-state index contributed by atoms with van der Waals surface area (Å²) in [6.45, 7) is -0.150. The minimum atomic E-state index is -3.44. The Morgan fingerprint density at radius 3 is 2.65 bits per heavy atom. The zero-order valence-corrected chi connectivity index (χ0v) is 12.6. The molecule has 1 aliphatic heterocycles. The smallest absolute Gasteiger partial charge is 0.326 e. The minimum Gasteiger partial charge on any atom is -0.480 e. The topological polar surface area (TPSA) is 124 Å². The number of aliphatic hydroxyl groups is 1. The molecular weight excluding hydrogens is 308 g/mol. The molecule has 1 heterocycles. The number of carbonyl (C=O) groups is 2. The maximum absolute atomic E-state index is 12.0. The summed E-state index contributed by atoms with van der Waals surface area (Å²) in [7, 11) is -3.44. The van der Waals surface area contributed by atoms with Gasteiger partial charge in [-0.1, -0.05) is 0 Å². The number of rotatable bonds is 5. The van der Waals surface area contributed by atoms with Crippen molar-refractivity contribution in [1.82, 2.24) is 10.2 Å². The second kappa shape index (κ2) is 7.14. The highest BCUT2D eigenvalue weighted by Crippen LogP contribution is 2.20. The molecule has 0 aromatic heterocycles. The van der Waals surface area contributed by atoms with E-state index in [9.17, 15) is 18.0 Å². The van der Waals surface area contributed by atoms with Crippen LogP contribution in [0.2, 0.25) is 0 Å². The van der Waals surface area contributed by atoms with Gasteiger partial charge in [-0.15, -0.1) is 0 Å². The highest BCUT2D eigenvalue weighted by Gasteiger charge is 2.35. The normalized spacial score (nSPS) is 21.3. The first-order valence-corrected chi connectivity index (χ1v) is 9.05. The van der Waals surface area contributed by atoms with Crippen LogP contribution in [0.15, 0.2) is 0 Å². The second-order valence-corrected chi connectivity index (χ2v) is 7.76. The number of nitrogens with one attached hydrogen (secondary N) is 1. The maximum atomic E-state index is 12.0. The molecule has 0 aliphatic carbocycles. The molecule has 1 unspecified atom stereocenters. The van der Waals surface area contributed by atoms with E-state index in [-0.39, 0.29) is 25.3 Å². The van der Waals surface area contributed by atoms with Crippen molar-refractivity contribution in [3.8, 4) is 0 Å². The average molecular weight is 326 g/mol. The van der Waals surface area contributed by atoms with Crippen molar-refractivity contribution < 1.29 is 28.2 Å². The van der Waals surface area contributed by atoms with E-state index in [1.165, 1.54) is 11.8 Å². The zero-order chi connectivity index (χ0) is 15.3. The van der Waals surface area contributed by atoms with Crippen molar-refractivity contribution in [3.63, 3.8) is 0 Å². The molecule has 1 aliphatic rings. The molecule has 8 nitrogen and oxygen atoms in total. The van der Waals surface area contributed by atoms with E-state index in [1.54, 1.807) is 0 Å². The monoisotopic (exact) mass is 326 g/mol. The molecule has 10 heteroatoms. The average Bonchev–Trinajstić information content (AvgIpc) is 2.37. The minimum absolute atomic E-state index is 0.132. The van der Waals surface area contributed by atoms with Crippen LogP contribution < -0.4 is 5.32 Å². The summed E-state index contributed by atoms with van der Waals surface area (Å²) in [6.07, 6.45) is 0.916. The lowest BCUT2D eigenvalue weighted by Gasteiger charge is -2.34. The van der Waals surface area contributed by atoms with Crippen LogP contribution >= 0.6 is 11.8 Å². The summed E-state index contributed by atoms with van der Waals surface area (Å²) in [5.74, 6) is -0.407. The van der Waals surface area contributed by atoms with Crippen LogP contribution in [-0.2, 0) is 14.6 Å². The Morgan fingerprint density at radius 2 is 2.15 bits per heavy atom. The van der Waals surface area contributed by atoms with Crippen LogP contribution in [0.25, 0.3) is 0 Å². The van der Waals surface area contributed by atoms with Crippen molar-refractivity contribution in [3.05, 3.63) is 0 Å². The van der Waals surface area contributed by atoms with Gasteiger partial charge in [-0.2, -0.15) is 11.8 Å². The number of thioether (sulfide) groups is 1. The highest BCUT2D eigenvalue weighted by molar-refractivity contribution is 8.00. The van der Waals surface area contributed by atoms with E-state index in [2.05, 4.69) is 5.32 Å². The lowest BCUT2D eigenvalue weighted by molar-refractivity contribution is -0.139. The third kappa shape index (κ3) is 4.53. The van der Waals surface area contributed by atoms with Crippen LogP contribution in [-0.4, -0.2) is 77.9 Å². The van der Waals surface area contributed by atoms with Crippen molar-refractivity contribution in [1.29, 1.82) is 0 Å². The zero-order valence-electron chi connectivity index (χ0n) is 11.0. The predicted molar refractivity (Wildman–Crippen MR) is 74.3 cm³/mol. The Balaban J connectivity index is 2.80. The number of nitrogens with zero attached hydrogens (tertiary/aromatic N) is 1.